The van der Waals surface area contributed by atoms with Crippen LogP contribution in [0.3, 0.4) is 0 Å². The maximum absolute atomic E-state index is 13.2. The van der Waals surface area contributed by atoms with Crippen LogP contribution in [0.2, 0.25) is 0 Å². The van der Waals surface area contributed by atoms with Crippen LogP contribution in [0, 0.1) is 6.92 Å². The number of nitrogens with two attached hydrogens (primary N) is 1. The Morgan fingerprint density at radius 1 is 1.24 bits per heavy atom. The third kappa shape index (κ3) is 3.35. The molecule has 3 rings (SSSR count). The first-order chi connectivity index (χ1) is 12.0. The van der Waals surface area contributed by atoms with Gasteiger partial charge in [0.1, 0.15) is 5.52 Å². The van der Waals surface area contributed by atoms with E-state index in [1.807, 2.05) is 38.2 Å². The molecule has 2 heterocycles. The maximum atomic E-state index is 13.2. The van der Waals surface area contributed by atoms with Gasteiger partial charge in [0, 0.05) is 31.9 Å². The molecule has 0 radical (unpaired) electrons. The van der Waals surface area contributed by atoms with E-state index < -0.39 is 5.91 Å². The summed E-state index contributed by atoms with van der Waals surface area (Å²) >= 11 is 0. The Hall–Kier alpha value is -3.22. The summed E-state index contributed by atoms with van der Waals surface area (Å²) in [4.78, 5) is 34.5. The summed E-state index contributed by atoms with van der Waals surface area (Å²) in [5.41, 5.74) is 8.62. The van der Waals surface area contributed by atoms with Crippen molar-refractivity contribution in [1.82, 2.24) is 14.5 Å². The molecule has 0 aliphatic carbocycles. The summed E-state index contributed by atoms with van der Waals surface area (Å²) in [6, 6.07) is 9.20. The predicted molar refractivity (Wildman–Crippen MR) is 95.2 cm³/mol. The van der Waals surface area contributed by atoms with Gasteiger partial charge in [0.25, 0.3) is 5.91 Å². The van der Waals surface area contributed by atoms with Gasteiger partial charge in [-0.1, -0.05) is 12.1 Å². The summed E-state index contributed by atoms with van der Waals surface area (Å²) in [5.74, 6) is -0.693. The van der Waals surface area contributed by atoms with E-state index in [1.54, 1.807) is 28.1 Å². The molecule has 0 aliphatic heterocycles. The van der Waals surface area contributed by atoms with Crippen molar-refractivity contribution in [3.05, 3.63) is 54.0 Å². The summed E-state index contributed by atoms with van der Waals surface area (Å²) < 4.78 is 1.76. The monoisotopic (exact) mass is 337 g/mol. The highest BCUT2D eigenvalue weighted by molar-refractivity contribution is 6.12. The molecule has 0 fully saturated rings. The molecule has 2 N–H and O–H groups in total. The molecule has 25 heavy (non-hydrogen) atoms. The maximum Gasteiger partial charge on any atom is 0.260 e. The molecule has 0 saturated carbocycles. The fraction of sp³-hybridized carbons (Fsp3) is 0.222. The third-order valence-electron chi connectivity index (χ3n) is 3.97. The number of pyridine rings is 1. The number of anilines is 1. The zero-order valence-corrected chi connectivity index (χ0v) is 14.1. The van der Waals surface area contributed by atoms with E-state index in [0.29, 0.717) is 22.4 Å². The fourth-order valence-electron chi connectivity index (χ4n) is 2.71. The topological polar surface area (TPSA) is 94.1 Å². The van der Waals surface area contributed by atoms with Crippen molar-refractivity contribution in [2.45, 2.75) is 13.3 Å². The molecule has 0 saturated heterocycles. The van der Waals surface area contributed by atoms with Crippen LogP contribution in [-0.4, -0.2) is 32.9 Å². The highest BCUT2D eigenvalue weighted by Gasteiger charge is 2.22. The van der Waals surface area contributed by atoms with Crippen LogP contribution in [0.15, 0.2) is 42.9 Å². The fourth-order valence-corrected chi connectivity index (χ4v) is 2.71. The smallest absolute Gasteiger partial charge is 0.260 e. The Morgan fingerprint density at radius 3 is 2.76 bits per heavy atom. The first-order valence-electron chi connectivity index (χ1n) is 7.90. The number of aryl methyl sites for hydroxylation is 2. The van der Waals surface area contributed by atoms with E-state index in [4.69, 9.17) is 5.73 Å². The highest BCUT2D eigenvalue weighted by atomic mass is 16.2. The molecule has 0 unspecified atom stereocenters. The molecule has 3 aromatic rings. The molecule has 2 aromatic heterocycles. The second-order valence-electron chi connectivity index (χ2n) is 5.90. The summed E-state index contributed by atoms with van der Waals surface area (Å²) in [5, 5.41) is 0. The quantitative estimate of drug-likeness (QED) is 0.768. The van der Waals surface area contributed by atoms with E-state index in [0.717, 1.165) is 5.56 Å². The first kappa shape index (κ1) is 16.6. The largest absolute Gasteiger partial charge is 0.370 e. The number of amides is 2. The zero-order chi connectivity index (χ0) is 18.0. The van der Waals surface area contributed by atoms with Crippen LogP contribution >= 0.6 is 0 Å². The van der Waals surface area contributed by atoms with Crippen LogP contribution < -0.4 is 10.6 Å². The van der Waals surface area contributed by atoms with E-state index in [1.165, 1.54) is 0 Å². The number of imidazole rings is 1. The lowest BCUT2D eigenvalue weighted by Crippen LogP contribution is -2.34. The van der Waals surface area contributed by atoms with E-state index in [2.05, 4.69) is 9.97 Å². The van der Waals surface area contributed by atoms with Crippen LogP contribution in [0.4, 0.5) is 5.69 Å². The third-order valence-corrected chi connectivity index (χ3v) is 3.97. The van der Waals surface area contributed by atoms with Gasteiger partial charge in [0.05, 0.1) is 11.9 Å². The van der Waals surface area contributed by atoms with Crippen molar-refractivity contribution in [1.29, 1.82) is 0 Å². The summed E-state index contributed by atoms with van der Waals surface area (Å²) in [6.07, 6.45) is 3.28. The van der Waals surface area contributed by atoms with Gasteiger partial charge in [-0.05, 0) is 30.7 Å². The Morgan fingerprint density at radius 2 is 2.04 bits per heavy atom. The molecule has 128 valence electrons. The van der Waals surface area contributed by atoms with Crippen molar-refractivity contribution < 1.29 is 9.59 Å². The average molecular weight is 337 g/mol. The van der Waals surface area contributed by atoms with Gasteiger partial charge < -0.3 is 15.2 Å². The van der Waals surface area contributed by atoms with E-state index in [9.17, 15) is 9.59 Å². The molecule has 0 bridgehead atoms. The minimum atomic E-state index is -0.455. The average Bonchev–Trinajstić information content (AvgIpc) is 2.96. The molecule has 0 spiro atoms. The van der Waals surface area contributed by atoms with Gasteiger partial charge in [-0.2, -0.15) is 0 Å². The number of nitrogens with zero attached hydrogens (tertiary/aromatic N) is 4. The highest BCUT2D eigenvalue weighted by Crippen LogP contribution is 2.22. The number of carbonyl (C=O) groups is 2. The van der Waals surface area contributed by atoms with Crippen LogP contribution in [0.5, 0.6) is 0 Å². The molecule has 1 aromatic carbocycles. The van der Waals surface area contributed by atoms with Crippen molar-refractivity contribution in [3.8, 4) is 0 Å². The Bertz CT molecular complexity index is 948. The van der Waals surface area contributed by atoms with Crippen molar-refractivity contribution in [3.63, 3.8) is 0 Å². The van der Waals surface area contributed by atoms with E-state index in [-0.39, 0.29) is 18.9 Å². The van der Waals surface area contributed by atoms with Crippen molar-refractivity contribution in [2.24, 2.45) is 12.8 Å². The second kappa shape index (κ2) is 6.72. The van der Waals surface area contributed by atoms with Gasteiger partial charge in [-0.25, -0.2) is 9.97 Å². The van der Waals surface area contributed by atoms with Gasteiger partial charge in [0.15, 0.2) is 5.65 Å². The molecule has 7 heteroatoms. The minimum Gasteiger partial charge on any atom is -0.370 e. The standard InChI is InChI=1S/C18H19N5O2/c1-12-4-3-5-13(10-12)23(9-7-15(19)24)18(25)14-6-8-20-17-16(14)21-11-22(17)2/h3-6,8,10-11H,7,9H2,1-2H3,(H2,19,24). The van der Waals surface area contributed by atoms with Crippen LogP contribution in [0.1, 0.15) is 22.3 Å². The predicted octanol–water partition coefficient (Wildman–Crippen LogP) is 1.80. The molecule has 2 amide bonds. The summed E-state index contributed by atoms with van der Waals surface area (Å²) in [7, 11) is 1.82. The number of carbonyl (C=O) groups excluding carboxylic acids is 2. The van der Waals surface area contributed by atoms with Gasteiger partial charge in [-0.15, -0.1) is 0 Å². The lowest BCUT2D eigenvalue weighted by Gasteiger charge is -2.23. The lowest BCUT2D eigenvalue weighted by molar-refractivity contribution is -0.117. The first-order valence-corrected chi connectivity index (χ1v) is 7.90. The van der Waals surface area contributed by atoms with Crippen molar-refractivity contribution in [2.75, 3.05) is 11.4 Å². The number of fused-ring (bicyclic) bond motifs is 1. The zero-order valence-electron chi connectivity index (χ0n) is 14.1. The van der Waals surface area contributed by atoms with Crippen LogP contribution in [0.25, 0.3) is 11.2 Å². The molecular formula is C18H19N5O2. The molecular weight excluding hydrogens is 318 g/mol. The van der Waals surface area contributed by atoms with Gasteiger partial charge in [0.2, 0.25) is 5.91 Å². The normalized spacial score (nSPS) is 10.8. The Kier molecular flexibility index (Phi) is 4.47. The minimum absolute atomic E-state index is 0.0795. The molecule has 0 atom stereocenters. The van der Waals surface area contributed by atoms with Crippen LogP contribution in [-0.2, 0) is 11.8 Å². The number of hydrogen-bond donors (Lipinski definition) is 1. The molecule has 7 nitrogen and oxygen atoms in total. The number of aromatic nitrogens is 3. The molecule has 0 aliphatic rings. The van der Waals surface area contributed by atoms with E-state index >= 15 is 0 Å². The number of rotatable bonds is 5. The van der Waals surface area contributed by atoms with Gasteiger partial charge in [-0.3, -0.25) is 9.59 Å². The summed E-state index contributed by atoms with van der Waals surface area (Å²) in [6.45, 7) is 2.15. The number of hydrogen-bond acceptors (Lipinski definition) is 4. The number of benzene rings is 1. The SMILES string of the molecule is Cc1cccc(N(CCC(N)=O)C(=O)c2ccnc3c2ncn3C)c1. The number of primary amides is 1. The van der Waals surface area contributed by atoms with Crippen molar-refractivity contribution >= 4 is 28.7 Å². The lowest BCUT2D eigenvalue weighted by atomic mass is 10.1. The second-order valence-corrected chi connectivity index (χ2v) is 5.90. The van der Waals surface area contributed by atoms with Gasteiger partial charge >= 0.3 is 0 Å². The Labute approximate surface area is 145 Å². The Balaban J connectivity index is 2.05.